The Bertz CT molecular complexity index is 737. The minimum Gasteiger partial charge on any atom is -0.322 e. The molecule has 0 fully saturated rings. The predicted octanol–water partition coefficient (Wildman–Crippen LogP) is 4.92. The van der Waals surface area contributed by atoms with Crippen molar-refractivity contribution in [3.63, 3.8) is 0 Å². The highest BCUT2D eigenvalue weighted by molar-refractivity contribution is 9.10. The maximum absolute atomic E-state index is 12.1. The van der Waals surface area contributed by atoms with E-state index in [2.05, 4.69) is 21.2 Å². The number of nitro benzene ring substituents is 1. The van der Waals surface area contributed by atoms with E-state index in [1.807, 2.05) is 0 Å². The lowest BCUT2D eigenvalue weighted by atomic mass is 10.2. The third kappa shape index (κ3) is 3.72. The molecule has 0 aliphatic heterocycles. The lowest BCUT2D eigenvalue weighted by Gasteiger charge is -2.07. The van der Waals surface area contributed by atoms with E-state index in [0.29, 0.717) is 20.7 Å². The molecule has 2 aromatic rings. The van der Waals surface area contributed by atoms with Crippen molar-refractivity contribution >= 4 is 56.4 Å². The van der Waals surface area contributed by atoms with Gasteiger partial charge in [0, 0.05) is 21.8 Å². The number of hydrogen-bond donors (Lipinski definition) is 1. The number of anilines is 1. The lowest BCUT2D eigenvalue weighted by Crippen LogP contribution is -2.11. The van der Waals surface area contributed by atoms with Gasteiger partial charge in [0.2, 0.25) is 0 Å². The molecule has 0 unspecified atom stereocenters. The number of halogens is 3. The molecule has 1 N–H and O–H groups in total. The van der Waals surface area contributed by atoms with Crippen LogP contribution in [0.1, 0.15) is 10.4 Å². The standard InChI is InChI=1S/C13H7BrCl2N2O3/c14-9-5-7(1-3-10(9)15)13(19)17-8-2-4-12(18(20)21)11(16)6-8/h1-6H,(H,17,19). The van der Waals surface area contributed by atoms with E-state index in [4.69, 9.17) is 23.2 Å². The van der Waals surface area contributed by atoms with E-state index in [1.54, 1.807) is 18.2 Å². The number of rotatable bonds is 3. The Kier molecular flexibility index (Phi) is 4.82. The van der Waals surface area contributed by atoms with Crippen LogP contribution < -0.4 is 5.32 Å². The van der Waals surface area contributed by atoms with Crippen LogP contribution in [0.5, 0.6) is 0 Å². The fraction of sp³-hybridized carbons (Fsp3) is 0. The van der Waals surface area contributed by atoms with Crippen LogP contribution in [0.4, 0.5) is 11.4 Å². The second-order valence-corrected chi connectivity index (χ2v) is 5.68. The van der Waals surface area contributed by atoms with Crippen molar-refractivity contribution in [1.29, 1.82) is 0 Å². The van der Waals surface area contributed by atoms with Crippen molar-refractivity contribution in [2.24, 2.45) is 0 Å². The molecule has 5 nitrogen and oxygen atoms in total. The first-order valence-electron chi connectivity index (χ1n) is 5.59. The van der Waals surface area contributed by atoms with E-state index in [-0.39, 0.29) is 16.6 Å². The molecule has 2 aromatic carbocycles. The molecule has 0 aliphatic rings. The Labute approximate surface area is 138 Å². The zero-order chi connectivity index (χ0) is 15.6. The highest BCUT2D eigenvalue weighted by atomic mass is 79.9. The summed E-state index contributed by atoms with van der Waals surface area (Å²) in [6, 6.07) is 8.69. The minimum atomic E-state index is -0.593. The molecule has 0 aromatic heterocycles. The third-order valence-corrected chi connectivity index (χ3v) is 4.10. The van der Waals surface area contributed by atoms with Crippen molar-refractivity contribution in [3.05, 3.63) is 66.6 Å². The van der Waals surface area contributed by atoms with E-state index >= 15 is 0 Å². The van der Waals surface area contributed by atoms with Gasteiger partial charge in [-0.3, -0.25) is 14.9 Å². The first-order chi connectivity index (χ1) is 9.88. The summed E-state index contributed by atoms with van der Waals surface area (Å²) in [6.45, 7) is 0. The summed E-state index contributed by atoms with van der Waals surface area (Å²) in [5.41, 5.74) is 0.534. The van der Waals surface area contributed by atoms with Gasteiger partial charge in [0.25, 0.3) is 11.6 Å². The number of nitro groups is 1. The molecule has 21 heavy (non-hydrogen) atoms. The Morgan fingerprint density at radius 1 is 1.14 bits per heavy atom. The lowest BCUT2D eigenvalue weighted by molar-refractivity contribution is -0.384. The van der Waals surface area contributed by atoms with Crippen LogP contribution in [0, 0.1) is 10.1 Å². The second-order valence-electron chi connectivity index (χ2n) is 4.01. The smallest absolute Gasteiger partial charge is 0.288 e. The van der Waals surface area contributed by atoms with Crippen LogP contribution in [-0.4, -0.2) is 10.8 Å². The number of nitrogens with zero attached hydrogens (tertiary/aromatic N) is 1. The van der Waals surface area contributed by atoms with Gasteiger partial charge in [-0.1, -0.05) is 23.2 Å². The summed E-state index contributed by atoms with van der Waals surface area (Å²) in [7, 11) is 0. The van der Waals surface area contributed by atoms with E-state index in [9.17, 15) is 14.9 Å². The Morgan fingerprint density at radius 3 is 2.43 bits per heavy atom. The van der Waals surface area contributed by atoms with Crippen LogP contribution in [-0.2, 0) is 0 Å². The topological polar surface area (TPSA) is 72.2 Å². The molecule has 2 rings (SSSR count). The zero-order valence-corrected chi connectivity index (χ0v) is 13.4. The molecule has 8 heteroatoms. The Morgan fingerprint density at radius 2 is 1.86 bits per heavy atom. The van der Waals surface area contributed by atoms with E-state index in [1.165, 1.54) is 18.2 Å². The third-order valence-electron chi connectivity index (χ3n) is 2.58. The molecular formula is C13H7BrCl2N2O3. The van der Waals surface area contributed by atoms with Crippen LogP contribution in [0.25, 0.3) is 0 Å². The van der Waals surface area contributed by atoms with Gasteiger partial charge in [0.1, 0.15) is 5.02 Å². The SMILES string of the molecule is O=C(Nc1ccc([N+](=O)[O-])c(Cl)c1)c1ccc(Cl)c(Br)c1. The van der Waals surface area contributed by atoms with E-state index < -0.39 is 4.92 Å². The quantitative estimate of drug-likeness (QED) is 0.598. The van der Waals surface area contributed by atoms with Crippen molar-refractivity contribution in [2.75, 3.05) is 5.32 Å². The average molecular weight is 390 g/mol. The van der Waals surface area contributed by atoms with Crippen molar-refractivity contribution in [2.45, 2.75) is 0 Å². The molecule has 0 saturated carbocycles. The van der Waals surface area contributed by atoms with Gasteiger partial charge in [0.05, 0.1) is 9.95 Å². The average Bonchev–Trinajstić information content (AvgIpc) is 2.41. The Hall–Kier alpha value is -1.63. The van der Waals surface area contributed by atoms with Crippen molar-refractivity contribution in [3.8, 4) is 0 Å². The van der Waals surface area contributed by atoms with Gasteiger partial charge < -0.3 is 5.32 Å². The zero-order valence-electron chi connectivity index (χ0n) is 10.3. The predicted molar refractivity (Wildman–Crippen MR) is 85.2 cm³/mol. The molecule has 1 amide bonds. The summed E-state index contributed by atoms with van der Waals surface area (Å²) < 4.78 is 0.596. The number of carbonyl (C=O) groups excluding carboxylic acids is 1. The van der Waals surface area contributed by atoms with E-state index in [0.717, 1.165) is 0 Å². The fourth-order valence-corrected chi connectivity index (χ4v) is 2.32. The fourth-order valence-electron chi connectivity index (χ4n) is 1.57. The molecule has 0 spiro atoms. The molecule has 0 radical (unpaired) electrons. The number of carbonyl (C=O) groups is 1. The van der Waals surface area contributed by atoms with Gasteiger partial charge in [-0.2, -0.15) is 0 Å². The second kappa shape index (κ2) is 6.43. The largest absolute Gasteiger partial charge is 0.322 e. The number of nitrogens with one attached hydrogen (secondary N) is 1. The minimum absolute atomic E-state index is 0.0462. The first-order valence-corrected chi connectivity index (χ1v) is 7.13. The number of amides is 1. The molecule has 108 valence electrons. The maximum Gasteiger partial charge on any atom is 0.288 e. The molecule has 0 atom stereocenters. The monoisotopic (exact) mass is 388 g/mol. The van der Waals surface area contributed by atoms with Gasteiger partial charge >= 0.3 is 0 Å². The maximum atomic E-state index is 12.1. The number of benzene rings is 2. The van der Waals surface area contributed by atoms with Crippen molar-refractivity contribution in [1.82, 2.24) is 0 Å². The summed E-state index contributed by atoms with van der Waals surface area (Å²) >= 11 is 14.9. The van der Waals surface area contributed by atoms with Crippen LogP contribution in [0.2, 0.25) is 10.0 Å². The summed E-state index contributed by atoms with van der Waals surface area (Å²) in [5, 5.41) is 13.7. The molecule has 0 saturated heterocycles. The van der Waals surface area contributed by atoms with Gasteiger partial charge in [-0.25, -0.2) is 0 Å². The summed E-state index contributed by atoms with van der Waals surface area (Å²) in [6.07, 6.45) is 0. The highest BCUT2D eigenvalue weighted by Gasteiger charge is 2.14. The molecule has 0 aliphatic carbocycles. The molecule has 0 heterocycles. The normalized spacial score (nSPS) is 10.2. The summed E-state index contributed by atoms with van der Waals surface area (Å²) in [4.78, 5) is 22.1. The Balaban J connectivity index is 2.21. The van der Waals surface area contributed by atoms with Crippen LogP contribution >= 0.6 is 39.1 Å². The molecular weight excluding hydrogens is 383 g/mol. The van der Waals surface area contributed by atoms with Gasteiger partial charge in [0.15, 0.2) is 0 Å². The van der Waals surface area contributed by atoms with Crippen LogP contribution in [0.15, 0.2) is 40.9 Å². The number of hydrogen-bond acceptors (Lipinski definition) is 3. The van der Waals surface area contributed by atoms with Gasteiger partial charge in [-0.05, 0) is 46.3 Å². The first kappa shape index (κ1) is 15.8. The van der Waals surface area contributed by atoms with Gasteiger partial charge in [-0.15, -0.1) is 0 Å². The van der Waals surface area contributed by atoms with Crippen LogP contribution in [0.3, 0.4) is 0 Å². The van der Waals surface area contributed by atoms with Crippen molar-refractivity contribution < 1.29 is 9.72 Å². The summed E-state index contributed by atoms with van der Waals surface area (Å²) in [5.74, 6) is -0.378. The molecule has 0 bridgehead atoms. The highest BCUT2D eigenvalue weighted by Crippen LogP contribution is 2.28.